The van der Waals surface area contributed by atoms with Crippen molar-refractivity contribution in [3.63, 3.8) is 0 Å². The molecule has 4 rings (SSSR count). The van der Waals surface area contributed by atoms with Crippen LogP contribution in [0, 0.1) is 5.92 Å². The van der Waals surface area contributed by atoms with E-state index in [1.54, 1.807) is 11.3 Å². The predicted octanol–water partition coefficient (Wildman–Crippen LogP) is 0.783. The quantitative estimate of drug-likeness (QED) is 0.814. The van der Waals surface area contributed by atoms with Crippen LogP contribution in [0.4, 0.5) is 0 Å². The number of piperidine rings is 2. The van der Waals surface area contributed by atoms with Gasteiger partial charge in [-0.3, -0.25) is 9.59 Å². The van der Waals surface area contributed by atoms with Gasteiger partial charge < -0.3 is 15.5 Å². The van der Waals surface area contributed by atoms with Crippen molar-refractivity contribution >= 4 is 33.4 Å². The molecule has 0 bridgehead atoms. The molecule has 2 fully saturated rings. The van der Waals surface area contributed by atoms with Crippen molar-refractivity contribution in [2.24, 2.45) is 11.7 Å². The fourth-order valence-electron chi connectivity index (χ4n) is 4.28. The minimum absolute atomic E-state index is 0.0118. The Morgan fingerprint density at radius 2 is 2.00 bits per heavy atom. The topological polar surface area (TPSA) is 80.7 Å². The monoisotopic (exact) mass is 387 g/mol. The second-order valence-electron chi connectivity index (χ2n) is 7.80. The molecule has 144 valence electrons. The number of para-hydroxylation sites is 1. The fourth-order valence-corrected chi connectivity index (χ4v) is 5.38. The van der Waals surface area contributed by atoms with E-state index < -0.39 is 0 Å². The predicted molar refractivity (Wildman–Crippen MR) is 106 cm³/mol. The molecule has 7 heteroatoms. The fraction of sp³-hybridized carbons (Fsp3) is 0.550. The number of amides is 2. The maximum absolute atomic E-state index is 12.8. The van der Waals surface area contributed by atoms with Gasteiger partial charge in [-0.2, -0.15) is 0 Å². The first-order valence-electron chi connectivity index (χ1n) is 9.86. The van der Waals surface area contributed by atoms with Gasteiger partial charge in [0.15, 0.2) is 6.54 Å². The molecule has 1 aromatic heterocycles. The first kappa shape index (κ1) is 18.4. The Morgan fingerprint density at radius 3 is 2.74 bits per heavy atom. The second kappa shape index (κ2) is 7.94. The molecule has 6 nitrogen and oxygen atoms in total. The van der Waals surface area contributed by atoms with Gasteiger partial charge in [-0.15, -0.1) is 11.3 Å². The largest absolute Gasteiger partial charge is 0.369 e. The molecule has 3 heterocycles. The zero-order chi connectivity index (χ0) is 18.8. The van der Waals surface area contributed by atoms with Gasteiger partial charge in [0.25, 0.3) is 5.91 Å². The Labute approximate surface area is 163 Å². The van der Waals surface area contributed by atoms with Gasteiger partial charge >= 0.3 is 0 Å². The van der Waals surface area contributed by atoms with Crippen molar-refractivity contribution in [1.29, 1.82) is 0 Å². The molecule has 2 saturated heterocycles. The number of quaternary nitrogens is 1. The number of rotatable bonds is 4. The second-order valence-corrected chi connectivity index (χ2v) is 8.86. The summed E-state index contributed by atoms with van der Waals surface area (Å²) in [5.41, 5.74) is 6.46. The normalized spacial score (nSPS) is 26.2. The van der Waals surface area contributed by atoms with Gasteiger partial charge in [0.1, 0.15) is 0 Å². The molecule has 3 N–H and O–H groups in total. The van der Waals surface area contributed by atoms with E-state index in [0.29, 0.717) is 12.5 Å². The molecule has 2 amide bonds. The number of nitrogens with two attached hydrogens (primary N) is 1. The minimum Gasteiger partial charge on any atom is -0.369 e. The van der Waals surface area contributed by atoms with Crippen LogP contribution in [0.25, 0.3) is 10.2 Å². The number of nitrogens with one attached hydrogen (secondary N) is 1. The Hall–Kier alpha value is -1.99. The number of aromatic nitrogens is 1. The number of carbonyl (C=O) groups excluding carboxylic acids is 2. The number of nitrogens with zero attached hydrogens (tertiary/aromatic N) is 2. The van der Waals surface area contributed by atoms with Crippen LogP contribution in [0.3, 0.4) is 0 Å². The van der Waals surface area contributed by atoms with Gasteiger partial charge in [0.05, 0.1) is 28.3 Å². The van der Waals surface area contributed by atoms with E-state index in [1.807, 2.05) is 17.0 Å². The highest BCUT2D eigenvalue weighted by atomic mass is 32.1. The highest BCUT2D eigenvalue weighted by molar-refractivity contribution is 7.18. The molecule has 0 saturated carbocycles. The van der Waals surface area contributed by atoms with Gasteiger partial charge in [-0.05, 0) is 25.0 Å². The van der Waals surface area contributed by atoms with E-state index in [1.165, 1.54) is 9.60 Å². The zero-order valence-electron chi connectivity index (χ0n) is 15.5. The van der Waals surface area contributed by atoms with Crippen LogP contribution in [0.2, 0.25) is 0 Å². The molecule has 0 radical (unpaired) electrons. The third-order valence-electron chi connectivity index (χ3n) is 5.93. The number of likely N-dealkylation sites (tertiary alicyclic amines) is 2. The molecular weight excluding hydrogens is 360 g/mol. The average molecular weight is 388 g/mol. The summed E-state index contributed by atoms with van der Waals surface area (Å²) in [5.74, 6) is 0.362. The highest BCUT2D eigenvalue weighted by Crippen LogP contribution is 2.32. The molecule has 2 aliphatic heterocycles. The lowest BCUT2D eigenvalue weighted by atomic mass is 9.96. The molecule has 27 heavy (non-hydrogen) atoms. The van der Waals surface area contributed by atoms with Crippen LogP contribution in [-0.2, 0) is 9.59 Å². The molecule has 0 aliphatic carbocycles. The lowest BCUT2D eigenvalue weighted by Crippen LogP contribution is -3.14. The minimum atomic E-state index is -0.199. The Balaban J connectivity index is 1.35. The van der Waals surface area contributed by atoms with Crippen molar-refractivity contribution < 1.29 is 14.5 Å². The van der Waals surface area contributed by atoms with Crippen LogP contribution >= 0.6 is 11.3 Å². The van der Waals surface area contributed by atoms with E-state index in [9.17, 15) is 9.59 Å². The summed E-state index contributed by atoms with van der Waals surface area (Å²) >= 11 is 1.76. The molecule has 1 atom stereocenters. The van der Waals surface area contributed by atoms with Crippen molar-refractivity contribution in [2.75, 3.05) is 32.7 Å². The number of hydrogen-bond donors (Lipinski definition) is 2. The summed E-state index contributed by atoms with van der Waals surface area (Å²) in [5, 5.41) is 1.16. The number of primary amides is 1. The van der Waals surface area contributed by atoms with Gasteiger partial charge in [0, 0.05) is 37.8 Å². The van der Waals surface area contributed by atoms with Crippen molar-refractivity contribution in [3.05, 3.63) is 29.3 Å². The van der Waals surface area contributed by atoms with Crippen molar-refractivity contribution in [1.82, 2.24) is 9.88 Å². The summed E-state index contributed by atoms with van der Waals surface area (Å²) in [6.45, 7) is 3.86. The maximum atomic E-state index is 12.8. The molecule has 1 aromatic carbocycles. The van der Waals surface area contributed by atoms with Gasteiger partial charge in [0.2, 0.25) is 5.91 Å². The van der Waals surface area contributed by atoms with E-state index in [0.717, 1.165) is 62.4 Å². The average Bonchev–Trinajstić information content (AvgIpc) is 3.13. The van der Waals surface area contributed by atoms with E-state index in [-0.39, 0.29) is 17.7 Å². The molecule has 0 spiro atoms. The number of fused-ring (bicyclic) bond motifs is 1. The zero-order valence-corrected chi connectivity index (χ0v) is 16.3. The van der Waals surface area contributed by atoms with Gasteiger partial charge in [-0.25, -0.2) is 4.98 Å². The smallest absolute Gasteiger partial charge is 0.277 e. The van der Waals surface area contributed by atoms with Crippen LogP contribution in [0.5, 0.6) is 0 Å². The van der Waals surface area contributed by atoms with Crippen molar-refractivity contribution in [3.8, 4) is 0 Å². The first-order valence-corrected chi connectivity index (χ1v) is 10.7. The summed E-state index contributed by atoms with van der Waals surface area (Å²) in [4.78, 5) is 32.2. The number of hydrogen-bond acceptors (Lipinski definition) is 4. The molecule has 2 aliphatic rings. The standard InChI is InChI=1S/C20H26N4O2S/c21-19(26)14-7-10-23(11-8-14)13-18(25)24-9-3-4-15(12-24)20-22-16-5-1-2-6-17(16)27-20/h1-2,5-6,14-15H,3-4,7-13H2,(H2,21,26)/p+1/t15-/m0/s1. The Kier molecular flexibility index (Phi) is 5.41. The SMILES string of the molecule is NC(=O)C1CC[NH+](CC(=O)N2CCC[C@H](c3nc4ccccc4s3)C2)CC1. The van der Waals surface area contributed by atoms with E-state index in [4.69, 9.17) is 10.7 Å². The lowest BCUT2D eigenvalue weighted by molar-refractivity contribution is -0.898. The van der Waals surface area contributed by atoms with Crippen LogP contribution in [-0.4, -0.2) is 54.4 Å². The number of benzene rings is 1. The molecular formula is C20H27N4O2S+. The van der Waals surface area contributed by atoms with Crippen LogP contribution < -0.4 is 10.6 Å². The summed E-state index contributed by atoms with van der Waals surface area (Å²) in [6.07, 6.45) is 3.73. The van der Waals surface area contributed by atoms with Gasteiger partial charge in [-0.1, -0.05) is 12.1 Å². The van der Waals surface area contributed by atoms with Crippen LogP contribution in [0.1, 0.15) is 36.6 Å². The number of thiazole rings is 1. The third kappa shape index (κ3) is 4.14. The molecule has 0 unspecified atom stereocenters. The maximum Gasteiger partial charge on any atom is 0.277 e. The summed E-state index contributed by atoms with van der Waals surface area (Å²) in [6, 6.07) is 8.24. The first-order chi connectivity index (χ1) is 13.1. The Bertz CT molecular complexity index is 795. The number of carbonyl (C=O) groups is 2. The lowest BCUT2D eigenvalue weighted by Gasteiger charge is -2.34. The van der Waals surface area contributed by atoms with E-state index >= 15 is 0 Å². The molecule has 2 aromatic rings. The Morgan fingerprint density at radius 1 is 1.22 bits per heavy atom. The van der Waals surface area contributed by atoms with Crippen LogP contribution in [0.15, 0.2) is 24.3 Å². The summed E-state index contributed by atoms with van der Waals surface area (Å²) in [7, 11) is 0. The van der Waals surface area contributed by atoms with Crippen molar-refractivity contribution in [2.45, 2.75) is 31.6 Å². The summed E-state index contributed by atoms with van der Waals surface area (Å²) < 4.78 is 1.22. The third-order valence-corrected chi connectivity index (χ3v) is 7.13. The van der Waals surface area contributed by atoms with E-state index in [2.05, 4.69) is 12.1 Å². The highest BCUT2D eigenvalue weighted by Gasteiger charge is 2.31.